The maximum absolute atomic E-state index is 11.6. The molecule has 1 amide bonds. The molecule has 6 heteroatoms. The zero-order valence-electron chi connectivity index (χ0n) is 11.8. The first-order valence-corrected chi connectivity index (χ1v) is 8.34. The van der Waals surface area contributed by atoms with Crippen LogP contribution in [0.25, 0.3) is 0 Å². The van der Waals surface area contributed by atoms with Gasteiger partial charge in [-0.05, 0) is 44.8 Å². The highest BCUT2D eigenvalue weighted by molar-refractivity contribution is 7.99. The number of nitrogens with one attached hydrogen (secondary N) is 1. The van der Waals surface area contributed by atoms with E-state index in [4.69, 9.17) is 23.2 Å². The van der Waals surface area contributed by atoms with E-state index < -0.39 is 0 Å². The van der Waals surface area contributed by atoms with Crippen LogP contribution in [0.3, 0.4) is 0 Å². The number of rotatable bonds is 8. The molecule has 0 fully saturated rings. The topological polar surface area (TPSA) is 32.3 Å². The lowest BCUT2D eigenvalue weighted by Crippen LogP contribution is -2.28. The molecule has 1 aromatic carbocycles. The monoisotopic (exact) mass is 334 g/mol. The molecule has 0 aliphatic heterocycles. The van der Waals surface area contributed by atoms with Gasteiger partial charge in [-0.3, -0.25) is 4.79 Å². The van der Waals surface area contributed by atoms with Crippen molar-refractivity contribution < 1.29 is 4.79 Å². The van der Waals surface area contributed by atoms with Crippen LogP contribution < -0.4 is 5.32 Å². The maximum Gasteiger partial charge on any atom is 0.230 e. The van der Waals surface area contributed by atoms with Crippen molar-refractivity contribution in [3.63, 3.8) is 0 Å². The molecular formula is C14H20Cl2N2OS. The fourth-order valence-electron chi connectivity index (χ4n) is 1.59. The normalized spacial score (nSPS) is 10.8. The van der Waals surface area contributed by atoms with E-state index in [1.54, 1.807) is 0 Å². The number of hydrogen-bond donors (Lipinski definition) is 1. The van der Waals surface area contributed by atoms with Gasteiger partial charge in [0, 0.05) is 22.3 Å². The highest BCUT2D eigenvalue weighted by Crippen LogP contribution is 2.27. The van der Waals surface area contributed by atoms with Crippen molar-refractivity contribution in [2.45, 2.75) is 12.2 Å². The predicted molar refractivity (Wildman–Crippen MR) is 88.8 cm³/mol. The smallest absolute Gasteiger partial charge is 0.230 e. The molecule has 0 aliphatic carbocycles. The molecule has 0 saturated carbocycles. The van der Waals surface area contributed by atoms with Crippen LogP contribution in [0.1, 0.15) is 12.0 Å². The van der Waals surface area contributed by atoms with Crippen molar-refractivity contribution in [2.75, 3.05) is 32.9 Å². The molecule has 0 saturated heterocycles. The van der Waals surface area contributed by atoms with Crippen molar-refractivity contribution in [1.82, 2.24) is 10.2 Å². The molecule has 1 N–H and O–H groups in total. The quantitative estimate of drug-likeness (QED) is 0.740. The maximum atomic E-state index is 11.6. The summed E-state index contributed by atoms with van der Waals surface area (Å²) in [5, 5.41) is 4.20. The zero-order valence-corrected chi connectivity index (χ0v) is 14.1. The van der Waals surface area contributed by atoms with Gasteiger partial charge in [0.25, 0.3) is 0 Å². The molecular weight excluding hydrogens is 315 g/mol. The first-order chi connectivity index (χ1) is 9.50. The number of thioether (sulfide) groups is 1. The molecule has 0 bridgehead atoms. The van der Waals surface area contributed by atoms with Gasteiger partial charge in [-0.15, -0.1) is 11.8 Å². The van der Waals surface area contributed by atoms with Gasteiger partial charge in [-0.1, -0.05) is 29.3 Å². The van der Waals surface area contributed by atoms with Crippen LogP contribution in [-0.4, -0.2) is 43.7 Å². The number of nitrogens with zero attached hydrogens (tertiary/aromatic N) is 1. The molecule has 3 nitrogen and oxygen atoms in total. The van der Waals surface area contributed by atoms with Crippen LogP contribution in [0, 0.1) is 0 Å². The second-order valence-electron chi connectivity index (χ2n) is 4.70. The summed E-state index contributed by atoms with van der Waals surface area (Å²) < 4.78 is 0. The number of amides is 1. The summed E-state index contributed by atoms with van der Waals surface area (Å²) >= 11 is 13.7. The van der Waals surface area contributed by atoms with Gasteiger partial charge in [-0.25, -0.2) is 0 Å². The summed E-state index contributed by atoms with van der Waals surface area (Å²) in [4.78, 5) is 13.7. The predicted octanol–water partition coefficient (Wildman–Crippen LogP) is 3.29. The minimum Gasteiger partial charge on any atom is -0.355 e. The Kier molecular flexibility index (Phi) is 8.38. The molecule has 20 heavy (non-hydrogen) atoms. The standard InChI is InChI=1S/C14H20Cl2N2OS/c1-18(2)8-4-7-17-14(19)10-20-9-11-12(15)5-3-6-13(11)16/h3,5-6H,4,7-10H2,1-2H3,(H,17,19). The van der Waals surface area contributed by atoms with Gasteiger partial charge in [0.05, 0.1) is 5.75 Å². The van der Waals surface area contributed by atoms with Gasteiger partial charge >= 0.3 is 0 Å². The van der Waals surface area contributed by atoms with Crippen LogP contribution in [0.4, 0.5) is 0 Å². The lowest BCUT2D eigenvalue weighted by atomic mass is 10.2. The number of hydrogen-bond acceptors (Lipinski definition) is 3. The number of carbonyl (C=O) groups is 1. The average molecular weight is 335 g/mol. The third-order valence-corrected chi connectivity index (χ3v) is 4.31. The summed E-state index contributed by atoms with van der Waals surface area (Å²) in [6.45, 7) is 1.69. The van der Waals surface area contributed by atoms with Crippen LogP contribution in [0.5, 0.6) is 0 Å². The lowest BCUT2D eigenvalue weighted by molar-refractivity contribution is -0.118. The Hall–Kier alpha value is -0.420. The Bertz CT molecular complexity index is 421. The van der Waals surface area contributed by atoms with Crippen LogP contribution in [0.15, 0.2) is 18.2 Å². The second-order valence-corrected chi connectivity index (χ2v) is 6.50. The van der Waals surface area contributed by atoms with E-state index in [1.165, 1.54) is 11.8 Å². The number of benzene rings is 1. The Morgan fingerprint density at radius 1 is 1.30 bits per heavy atom. The summed E-state index contributed by atoms with van der Waals surface area (Å²) in [7, 11) is 4.04. The molecule has 1 aromatic rings. The second kappa shape index (κ2) is 9.50. The van der Waals surface area contributed by atoms with E-state index in [0.717, 1.165) is 18.5 Å². The van der Waals surface area contributed by atoms with Crippen LogP contribution in [-0.2, 0) is 10.5 Å². The van der Waals surface area contributed by atoms with E-state index in [1.807, 2.05) is 32.3 Å². The third-order valence-electron chi connectivity index (χ3n) is 2.65. The Labute approximate surface area is 135 Å². The number of halogens is 2. The van der Waals surface area contributed by atoms with Gasteiger partial charge in [0.2, 0.25) is 5.91 Å². The van der Waals surface area contributed by atoms with Gasteiger partial charge in [0.15, 0.2) is 0 Å². The fourth-order valence-corrected chi connectivity index (χ4v) is 3.18. The molecule has 0 spiro atoms. The summed E-state index contributed by atoms with van der Waals surface area (Å²) in [5.41, 5.74) is 0.890. The van der Waals surface area contributed by atoms with Crippen molar-refractivity contribution in [3.8, 4) is 0 Å². The molecule has 0 radical (unpaired) electrons. The van der Waals surface area contributed by atoms with Crippen molar-refractivity contribution in [2.24, 2.45) is 0 Å². The van der Waals surface area contributed by atoms with E-state index >= 15 is 0 Å². The molecule has 1 rings (SSSR count). The molecule has 0 unspecified atom stereocenters. The van der Waals surface area contributed by atoms with Crippen LogP contribution in [0.2, 0.25) is 10.0 Å². The fraction of sp³-hybridized carbons (Fsp3) is 0.500. The summed E-state index contributed by atoms with van der Waals surface area (Å²) in [6.07, 6.45) is 0.958. The highest BCUT2D eigenvalue weighted by atomic mass is 35.5. The van der Waals surface area contributed by atoms with Crippen molar-refractivity contribution >= 4 is 40.9 Å². The highest BCUT2D eigenvalue weighted by Gasteiger charge is 2.07. The minimum atomic E-state index is 0.0527. The zero-order chi connectivity index (χ0) is 15.0. The van der Waals surface area contributed by atoms with E-state index in [-0.39, 0.29) is 5.91 Å². The van der Waals surface area contributed by atoms with Gasteiger partial charge < -0.3 is 10.2 Å². The van der Waals surface area contributed by atoms with Crippen molar-refractivity contribution in [3.05, 3.63) is 33.8 Å². The Morgan fingerprint density at radius 3 is 2.55 bits per heavy atom. The summed E-state index contributed by atoms with van der Waals surface area (Å²) in [5.74, 6) is 1.12. The van der Waals surface area contributed by atoms with Gasteiger partial charge in [0.1, 0.15) is 0 Å². The third kappa shape index (κ3) is 6.84. The van der Waals surface area contributed by atoms with E-state index in [9.17, 15) is 4.79 Å². The molecule has 0 aromatic heterocycles. The molecule has 0 heterocycles. The van der Waals surface area contributed by atoms with E-state index in [0.29, 0.717) is 28.1 Å². The first-order valence-electron chi connectivity index (χ1n) is 6.42. The minimum absolute atomic E-state index is 0.0527. The number of carbonyl (C=O) groups excluding carboxylic acids is 1. The summed E-state index contributed by atoms with van der Waals surface area (Å²) in [6, 6.07) is 5.44. The molecule has 112 valence electrons. The van der Waals surface area contributed by atoms with Crippen molar-refractivity contribution in [1.29, 1.82) is 0 Å². The Morgan fingerprint density at radius 2 is 1.95 bits per heavy atom. The molecule has 0 aliphatic rings. The van der Waals surface area contributed by atoms with E-state index in [2.05, 4.69) is 10.2 Å². The average Bonchev–Trinajstić information content (AvgIpc) is 2.38. The SMILES string of the molecule is CN(C)CCCNC(=O)CSCc1c(Cl)cccc1Cl. The Balaban J connectivity index is 2.22. The van der Waals surface area contributed by atoms with Crippen LogP contribution >= 0.6 is 35.0 Å². The first kappa shape index (κ1) is 17.6. The lowest BCUT2D eigenvalue weighted by Gasteiger charge is -2.10. The van der Waals surface area contributed by atoms with Gasteiger partial charge in [-0.2, -0.15) is 0 Å². The largest absolute Gasteiger partial charge is 0.355 e. The molecule has 0 atom stereocenters.